The predicted octanol–water partition coefficient (Wildman–Crippen LogP) is 3.22. The fourth-order valence-electron chi connectivity index (χ4n) is 2.40. The number of carbonyl (C=O) groups excluding carboxylic acids is 2. The standard InChI is InChI=1S/C19H17ClO6/c1-12-8-14(20)3-5-16(12)25-11-19(22)26-10-15(21)13-2-4-17-18(9-13)24-7-6-23-17/h2-5,8-9H,6-7,10-11H2,1H3. The van der Waals surface area contributed by atoms with Gasteiger partial charge in [0.25, 0.3) is 0 Å². The Labute approximate surface area is 155 Å². The minimum atomic E-state index is -0.634. The van der Waals surface area contributed by atoms with Crippen LogP contribution in [0, 0.1) is 6.92 Å². The molecule has 0 atom stereocenters. The van der Waals surface area contributed by atoms with Crippen LogP contribution in [0.15, 0.2) is 36.4 Å². The van der Waals surface area contributed by atoms with Crippen LogP contribution in [-0.2, 0) is 9.53 Å². The van der Waals surface area contributed by atoms with Gasteiger partial charge in [-0.15, -0.1) is 0 Å². The summed E-state index contributed by atoms with van der Waals surface area (Å²) in [4.78, 5) is 24.0. The van der Waals surface area contributed by atoms with Gasteiger partial charge in [0.2, 0.25) is 0 Å². The van der Waals surface area contributed by atoms with Crippen molar-refractivity contribution in [1.82, 2.24) is 0 Å². The first-order chi connectivity index (χ1) is 12.5. The summed E-state index contributed by atoms with van der Waals surface area (Å²) in [5.74, 6) is 0.666. The van der Waals surface area contributed by atoms with E-state index in [4.69, 9.17) is 30.5 Å². The second-order valence-electron chi connectivity index (χ2n) is 5.64. The normalized spacial score (nSPS) is 12.4. The van der Waals surface area contributed by atoms with Gasteiger partial charge in [-0.3, -0.25) is 4.79 Å². The highest BCUT2D eigenvalue weighted by Gasteiger charge is 2.16. The molecule has 2 aromatic rings. The third-order valence-electron chi connectivity index (χ3n) is 3.71. The van der Waals surface area contributed by atoms with Gasteiger partial charge in [0, 0.05) is 10.6 Å². The van der Waals surface area contributed by atoms with Gasteiger partial charge in [0.15, 0.2) is 30.5 Å². The minimum Gasteiger partial charge on any atom is -0.486 e. The summed E-state index contributed by atoms with van der Waals surface area (Å²) < 4.78 is 21.2. The Morgan fingerprint density at radius 1 is 1.04 bits per heavy atom. The molecule has 0 amide bonds. The van der Waals surface area contributed by atoms with Crippen molar-refractivity contribution in [1.29, 1.82) is 0 Å². The first-order valence-electron chi connectivity index (χ1n) is 8.00. The number of Topliss-reactive ketones (excluding diaryl/α,β-unsaturated/α-hetero) is 1. The van der Waals surface area contributed by atoms with E-state index in [2.05, 4.69) is 0 Å². The quantitative estimate of drug-likeness (QED) is 0.569. The Morgan fingerprint density at radius 2 is 1.81 bits per heavy atom. The number of fused-ring (bicyclic) bond motifs is 1. The molecule has 1 aliphatic rings. The van der Waals surface area contributed by atoms with Crippen molar-refractivity contribution < 1.29 is 28.5 Å². The maximum absolute atomic E-state index is 12.2. The Morgan fingerprint density at radius 3 is 2.58 bits per heavy atom. The van der Waals surface area contributed by atoms with E-state index in [1.165, 1.54) is 0 Å². The van der Waals surface area contributed by atoms with E-state index in [9.17, 15) is 9.59 Å². The zero-order valence-corrected chi connectivity index (χ0v) is 14.9. The SMILES string of the molecule is Cc1cc(Cl)ccc1OCC(=O)OCC(=O)c1ccc2c(c1)OCCO2. The number of carbonyl (C=O) groups is 2. The lowest BCUT2D eigenvalue weighted by Crippen LogP contribution is -2.20. The van der Waals surface area contributed by atoms with Gasteiger partial charge in [-0.1, -0.05) is 11.6 Å². The van der Waals surface area contributed by atoms with E-state index in [1.54, 1.807) is 36.4 Å². The first-order valence-corrected chi connectivity index (χ1v) is 8.38. The maximum Gasteiger partial charge on any atom is 0.344 e. The third kappa shape index (κ3) is 4.46. The summed E-state index contributed by atoms with van der Waals surface area (Å²) in [5.41, 5.74) is 1.19. The Hall–Kier alpha value is -2.73. The number of aryl methyl sites for hydroxylation is 1. The van der Waals surface area contributed by atoms with Crippen molar-refractivity contribution >= 4 is 23.4 Å². The van der Waals surface area contributed by atoms with Crippen molar-refractivity contribution in [2.45, 2.75) is 6.92 Å². The lowest BCUT2D eigenvalue weighted by atomic mass is 10.1. The van der Waals surface area contributed by atoms with Crippen LogP contribution >= 0.6 is 11.6 Å². The molecular formula is C19H17ClO6. The molecule has 2 aromatic carbocycles. The molecule has 0 saturated heterocycles. The average Bonchev–Trinajstić information content (AvgIpc) is 2.65. The number of benzene rings is 2. The molecule has 0 bridgehead atoms. The van der Waals surface area contributed by atoms with Crippen LogP contribution in [-0.4, -0.2) is 38.2 Å². The van der Waals surface area contributed by atoms with Gasteiger partial charge in [-0.05, 0) is 48.9 Å². The number of rotatable bonds is 6. The van der Waals surface area contributed by atoms with E-state index in [0.29, 0.717) is 41.0 Å². The molecule has 0 unspecified atom stereocenters. The summed E-state index contributed by atoms with van der Waals surface area (Å²) in [6, 6.07) is 9.92. The highest BCUT2D eigenvalue weighted by Crippen LogP contribution is 2.30. The van der Waals surface area contributed by atoms with Gasteiger partial charge < -0.3 is 18.9 Å². The number of halogens is 1. The van der Waals surface area contributed by atoms with Gasteiger partial charge in [0.05, 0.1) is 0 Å². The molecule has 3 rings (SSSR count). The molecule has 0 N–H and O–H groups in total. The Kier molecular flexibility index (Phi) is 5.63. The molecule has 1 heterocycles. The fraction of sp³-hybridized carbons (Fsp3) is 0.263. The zero-order valence-electron chi connectivity index (χ0n) is 14.1. The van der Waals surface area contributed by atoms with E-state index in [1.807, 2.05) is 6.92 Å². The lowest BCUT2D eigenvalue weighted by molar-refractivity contribution is -0.144. The zero-order chi connectivity index (χ0) is 18.5. The number of hydrogen-bond donors (Lipinski definition) is 0. The molecule has 1 aliphatic heterocycles. The molecule has 0 aliphatic carbocycles. The Balaban J connectivity index is 1.50. The molecule has 26 heavy (non-hydrogen) atoms. The van der Waals surface area contributed by atoms with Crippen LogP contribution in [0.1, 0.15) is 15.9 Å². The van der Waals surface area contributed by atoms with Crippen molar-refractivity contribution in [3.05, 3.63) is 52.5 Å². The van der Waals surface area contributed by atoms with E-state index in [0.717, 1.165) is 5.56 Å². The molecule has 0 aromatic heterocycles. The van der Waals surface area contributed by atoms with Gasteiger partial charge in [0.1, 0.15) is 19.0 Å². The van der Waals surface area contributed by atoms with Gasteiger partial charge >= 0.3 is 5.97 Å². The summed E-state index contributed by atoms with van der Waals surface area (Å²) in [7, 11) is 0. The van der Waals surface area contributed by atoms with E-state index in [-0.39, 0.29) is 19.0 Å². The molecule has 0 spiro atoms. The molecule has 0 fully saturated rings. The number of esters is 1. The highest BCUT2D eigenvalue weighted by atomic mass is 35.5. The van der Waals surface area contributed by atoms with Crippen LogP contribution in [0.3, 0.4) is 0 Å². The molecule has 7 heteroatoms. The van der Waals surface area contributed by atoms with Crippen molar-refractivity contribution in [3.63, 3.8) is 0 Å². The number of hydrogen-bond acceptors (Lipinski definition) is 6. The predicted molar refractivity (Wildman–Crippen MR) is 94.4 cm³/mol. The number of ether oxygens (including phenoxy) is 4. The minimum absolute atomic E-state index is 0.295. The third-order valence-corrected chi connectivity index (χ3v) is 3.95. The summed E-state index contributed by atoms with van der Waals surface area (Å²) in [6.07, 6.45) is 0. The summed E-state index contributed by atoms with van der Waals surface area (Å²) in [6.45, 7) is 2.06. The van der Waals surface area contributed by atoms with Crippen LogP contribution in [0.2, 0.25) is 5.02 Å². The molecule has 0 radical (unpaired) electrons. The smallest absolute Gasteiger partial charge is 0.344 e. The second kappa shape index (κ2) is 8.10. The van der Waals surface area contributed by atoms with Crippen LogP contribution in [0.25, 0.3) is 0 Å². The fourth-order valence-corrected chi connectivity index (χ4v) is 2.63. The van der Waals surface area contributed by atoms with Crippen LogP contribution in [0.4, 0.5) is 0 Å². The maximum atomic E-state index is 12.2. The monoisotopic (exact) mass is 376 g/mol. The Bertz CT molecular complexity index is 833. The molecular weight excluding hydrogens is 360 g/mol. The van der Waals surface area contributed by atoms with Crippen molar-refractivity contribution in [3.8, 4) is 17.2 Å². The van der Waals surface area contributed by atoms with Gasteiger partial charge in [-0.2, -0.15) is 0 Å². The van der Waals surface area contributed by atoms with Crippen LogP contribution < -0.4 is 14.2 Å². The molecule has 6 nitrogen and oxygen atoms in total. The van der Waals surface area contributed by atoms with E-state index < -0.39 is 5.97 Å². The van der Waals surface area contributed by atoms with E-state index >= 15 is 0 Å². The summed E-state index contributed by atoms with van der Waals surface area (Å²) >= 11 is 5.87. The number of ketones is 1. The largest absolute Gasteiger partial charge is 0.486 e. The molecule has 136 valence electrons. The molecule has 0 saturated carbocycles. The highest BCUT2D eigenvalue weighted by molar-refractivity contribution is 6.30. The first kappa shape index (κ1) is 18.1. The van der Waals surface area contributed by atoms with Crippen LogP contribution in [0.5, 0.6) is 17.2 Å². The lowest BCUT2D eigenvalue weighted by Gasteiger charge is -2.18. The van der Waals surface area contributed by atoms with Crippen molar-refractivity contribution in [2.75, 3.05) is 26.4 Å². The van der Waals surface area contributed by atoms with Gasteiger partial charge in [-0.25, -0.2) is 4.79 Å². The topological polar surface area (TPSA) is 71.1 Å². The average molecular weight is 377 g/mol. The van der Waals surface area contributed by atoms with Crippen molar-refractivity contribution in [2.24, 2.45) is 0 Å². The summed E-state index contributed by atoms with van der Waals surface area (Å²) in [5, 5.41) is 0.586. The second-order valence-corrected chi connectivity index (χ2v) is 6.08.